The number of aryl methyl sites for hydroxylation is 2. The molecule has 1 amide bonds. The average Bonchev–Trinajstić information content (AvgIpc) is 3.33. The highest BCUT2D eigenvalue weighted by atomic mass is 16.6. The van der Waals surface area contributed by atoms with Crippen molar-refractivity contribution in [2.45, 2.75) is 19.3 Å². The lowest BCUT2D eigenvalue weighted by Crippen LogP contribution is -2.28. The molecule has 8 nitrogen and oxygen atoms in total. The number of hydrogen-bond acceptors (Lipinski definition) is 5. The number of fused-ring (bicyclic) bond motifs is 2. The standard InChI is InChI=1S/C20H21N5O3/c1-25-11-13(10-21-25)19-15-8-12(2-4-16(15)23-24-19)20(26)22-14-3-5-17-18(9-14)28-7-6-27-17/h3,5,9-12H,2,4,6-8H2,1H3,(H,22,26)(H,23,24). The number of H-pyrrole nitrogens is 1. The summed E-state index contributed by atoms with van der Waals surface area (Å²) in [6.45, 7) is 1.07. The molecule has 2 aliphatic rings. The van der Waals surface area contributed by atoms with Crippen LogP contribution in [0.15, 0.2) is 30.6 Å². The van der Waals surface area contributed by atoms with Gasteiger partial charge in [-0.05, 0) is 31.4 Å². The van der Waals surface area contributed by atoms with Crippen LogP contribution in [-0.4, -0.2) is 39.1 Å². The second-order valence-electron chi connectivity index (χ2n) is 7.22. The monoisotopic (exact) mass is 379 g/mol. The molecule has 0 spiro atoms. The summed E-state index contributed by atoms with van der Waals surface area (Å²) in [6.07, 6.45) is 6.00. The molecule has 1 aliphatic carbocycles. The van der Waals surface area contributed by atoms with Gasteiger partial charge in [0.05, 0.1) is 11.9 Å². The van der Waals surface area contributed by atoms with E-state index in [1.807, 2.05) is 31.4 Å². The molecule has 2 aromatic heterocycles. The molecular formula is C20H21N5O3. The van der Waals surface area contributed by atoms with Gasteiger partial charge in [0.2, 0.25) is 5.91 Å². The second-order valence-corrected chi connectivity index (χ2v) is 7.22. The van der Waals surface area contributed by atoms with Gasteiger partial charge in [-0.3, -0.25) is 14.6 Å². The Balaban J connectivity index is 1.33. The van der Waals surface area contributed by atoms with Crippen LogP contribution in [-0.2, 0) is 24.7 Å². The van der Waals surface area contributed by atoms with Gasteiger partial charge in [0.15, 0.2) is 11.5 Å². The van der Waals surface area contributed by atoms with E-state index in [9.17, 15) is 4.79 Å². The third kappa shape index (κ3) is 3.00. The van der Waals surface area contributed by atoms with Crippen molar-refractivity contribution in [1.82, 2.24) is 20.0 Å². The maximum atomic E-state index is 12.9. The molecule has 3 heterocycles. The van der Waals surface area contributed by atoms with Crippen molar-refractivity contribution >= 4 is 11.6 Å². The number of amides is 1. The summed E-state index contributed by atoms with van der Waals surface area (Å²) < 4.78 is 12.9. The zero-order valence-corrected chi connectivity index (χ0v) is 15.6. The predicted molar refractivity (Wildman–Crippen MR) is 102 cm³/mol. The Hall–Kier alpha value is -3.29. The minimum Gasteiger partial charge on any atom is -0.486 e. The largest absolute Gasteiger partial charge is 0.486 e. The molecule has 1 aliphatic heterocycles. The predicted octanol–water partition coefficient (Wildman–Crippen LogP) is 2.33. The fraction of sp³-hybridized carbons (Fsp3) is 0.350. The van der Waals surface area contributed by atoms with Crippen LogP contribution in [0.4, 0.5) is 5.69 Å². The summed E-state index contributed by atoms with van der Waals surface area (Å²) in [6, 6.07) is 5.50. The van der Waals surface area contributed by atoms with Gasteiger partial charge < -0.3 is 14.8 Å². The number of anilines is 1. The summed E-state index contributed by atoms with van der Waals surface area (Å²) in [5.74, 6) is 1.30. The first-order valence-corrected chi connectivity index (χ1v) is 9.43. The van der Waals surface area contributed by atoms with Crippen molar-refractivity contribution in [2.75, 3.05) is 18.5 Å². The van der Waals surface area contributed by atoms with Crippen LogP contribution in [0.5, 0.6) is 11.5 Å². The van der Waals surface area contributed by atoms with Gasteiger partial charge in [-0.15, -0.1) is 0 Å². The maximum Gasteiger partial charge on any atom is 0.227 e. The highest BCUT2D eigenvalue weighted by molar-refractivity contribution is 5.93. The van der Waals surface area contributed by atoms with Crippen molar-refractivity contribution in [3.8, 4) is 22.8 Å². The van der Waals surface area contributed by atoms with E-state index in [1.165, 1.54) is 0 Å². The van der Waals surface area contributed by atoms with E-state index in [0.29, 0.717) is 31.1 Å². The SMILES string of the molecule is Cn1cc(-c2n[nH]c3c2CC(C(=O)Nc2ccc4c(c2)OCCO4)CC3)cn1. The Labute approximate surface area is 161 Å². The van der Waals surface area contributed by atoms with Crippen LogP contribution in [0.1, 0.15) is 17.7 Å². The highest BCUT2D eigenvalue weighted by Crippen LogP contribution is 2.34. The minimum absolute atomic E-state index is 0.0145. The Kier molecular flexibility index (Phi) is 4.03. The molecule has 0 saturated carbocycles. The van der Waals surface area contributed by atoms with E-state index < -0.39 is 0 Å². The van der Waals surface area contributed by atoms with Gasteiger partial charge in [0.1, 0.15) is 13.2 Å². The van der Waals surface area contributed by atoms with Gasteiger partial charge in [-0.25, -0.2) is 0 Å². The normalized spacial score (nSPS) is 17.8. The number of carbonyl (C=O) groups excluding carboxylic acids is 1. The van der Waals surface area contributed by atoms with Crippen molar-refractivity contribution in [1.29, 1.82) is 0 Å². The first-order chi connectivity index (χ1) is 13.7. The van der Waals surface area contributed by atoms with Crippen LogP contribution in [0.25, 0.3) is 11.3 Å². The molecule has 0 bridgehead atoms. The Bertz CT molecular complexity index is 1040. The lowest BCUT2D eigenvalue weighted by Gasteiger charge is -2.23. The number of hydrogen-bond donors (Lipinski definition) is 2. The van der Waals surface area contributed by atoms with E-state index in [4.69, 9.17) is 9.47 Å². The van der Waals surface area contributed by atoms with E-state index in [2.05, 4.69) is 20.6 Å². The zero-order valence-electron chi connectivity index (χ0n) is 15.6. The number of aromatic amines is 1. The fourth-order valence-electron chi connectivity index (χ4n) is 3.87. The number of aromatic nitrogens is 4. The fourth-order valence-corrected chi connectivity index (χ4v) is 3.87. The summed E-state index contributed by atoms with van der Waals surface area (Å²) >= 11 is 0. The van der Waals surface area contributed by atoms with Crippen molar-refractivity contribution in [3.05, 3.63) is 41.9 Å². The maximum absolute atomic E-state index is 12.9. The molecule has 0 fully saturated rings. The number of ether oxygens (including phenoxy) is 2. The first kappa shape index (κ1) is 16.9. The third-order valence-corrected chi connectivity index (χ3v) is 5.30. The highest BCUT2D eigenvalue weighted by Gasteiger charge is 2.29. The van der Waals surface area contributed by atoms with Gasteiger partial charge >= 0.3 is 0 Å². The van der Waals surface area contributed by atoms with Crippen molar-refractivity contribution < 1.29 is 14.3 Å². The third-order valence-electron chi connectivity index (χ3n) is 5.30. The molecule has 1 aromatic carbocycles. The van der Waals surface area contributed by atoms with Gasteiger partial charge in [-0.1, -0.05) is 0 Å². The lowest BCUT2D eigenvalue weighted by atomic mass is 9.85. The first-order valence-electron chi connectivity index (χ1n) is 9.43. The Morgan fingerprint density at radius 1 is 1.29 bits per heavy atom. The van der Waals surface area contributed by atoms with Crippen molar-refractivity contribution in [3.63, 3.8) is 0 Å². The molecule has 28 heavy (non-hydrogen) atoms. The molecule has 3 aromatic rings. The number of nitrogens with one attached hydrogen (secondary N) is 2. The molecule has 1 atom stereocenters. The molecule has 0 radical (unpaired) electrons. The van der Waals surface area contributed by atoms with Crippen LogP contribution in [0.2, 0.25) is 0 Å². The molecule has 0 saturated heterocycles. The molecular weight excluding hydrogens is 358 g/mol. The summed E-state index contributed by atoms with van der Waals surface area (Å²) in [5.41, 5.74) is 4.80. The summed E-state index contributed by atoms with van der Waals surface area (Å²) in [4.78, 5) is 12.9. The second kappa shape index (κ2) is 6.70. The van der Waals surface area contributed by atoms with Gasteiger partial charge in [0.25, 0.3) is 0 Å². The average molecular weight is 379 g/mol. The summed E-state index contributed by atoms with van der Waals surface area (Å²) in [7, 11) is 1.88. The Morgan fingerprint density at radius 3 is 2.96 bits per heavy atom. The molecule has 1 unspecified atom stereocenters. The number of benzene rings is 1. The quantitative estimate of drug-likeness (QED) is 0.728. The van der Waals surface area contributed by atoms with E-state index in [1.54, 1.807) is 10.9 Å². The van der Waals surface area contributed by atoms with Crippen LogP contribution in [0.3, 0.4) is 0 Å². The van der Waals surface area contributed by atoms with E-state index in [0.717, 1.165) is 41.0 Å². The van der Waals surface area contributed by atoms with E-state index >= 15 is 0 Å². The van der Waals surface area contributed by atoms with Crippen LogP contribution < -0.4 is 14.8 Å². The molecule has 5 rings (SSSR count). The van der Waals surface area contributed by atoms with E-state index in [-0.39, 0.29) is 11.8 Å². The zero-order chi connectivity index (χ0) is 19.1. The molecule has 8 heteroatoms. The molecule has 2 N–H and O–H groups in total. The smallest absolute Gasteiger partial charge is 0.227 e. The molecule has 144 valence electrons. The lowest BCUT2D eigenvalue weighted by molar-refractivity contribution is -0.120. The topological polar surface area (TPSA) is 94.1 Å². The van der Waals surface area contributed by atoms with Crippen LogP contribution in [0, 0.1) is 5.92 Å². The summed E-state index contributed by atoms with van der Waals surface area (Å²) in [5, 5.41) is 14.8. The van der Waals surface area contributed by atoms with Crippen LogP contribution >= 0.6 is 0 Å². The van der Waals surface area contributed by atoms with Crippen molar-refractivity contribution in [2.24, 2.45) is 13.0 Å². The number of rotatable bonds is 3. The minimum atomic E-state index is -0.103. The van der Waals surface area contributed by atoms with Gasteiger partial charge in [-0.2, -0.15) is 10.2 Å². The Morgan fingerprint density at radius 2 is 2.14 bits per heavy atom. The number of nitrogens with zero attached hydrogens (tertiary/aromatic N) is 3. The van der Waals surface area contributed by atoms with Gasteiger partial charge in [0, 0.05) is 47.7 Å². The number of carbonyl (C=O) groups is 1.